The molecule has 0 radical (unpaired) electrons. The molecule has 0 saturated carbocycles. The van der Waals surface area contributed by atoms with E-state index in [1.54, 1.807) is 0 Å². The molecule has 0 aliphatic heterocycles. The second-order valence-corrected chi connectivity index (χ2v) is 2.72. The number of rotatable bonds is 0. The van der Waals surface area contributed by atoms with Gasteiger partial charge in [0.2, 0.25) is 0 Å². The van der Waals surface area contributed by atoms with Gasteiger partial charge >= 0.3 is 19.5 Å². The fourth-order valence-corrected chi connectivity index (χ4v) is 1.11. The number of hydrogen-bond acceptors (Lipinski definition) is 0. The minimum Gasteiger partial charge on any atom is -0.0895 e. The van der Waals surface area contributed by atoms with Crippen LogP contribution in [0.4, 0.5) is 0 Å². The second kappa shape index (κ2) is 6.13. The molecule has 0 amide bonds. The van der Waals surface area contributed by atoms with Gasteiger partial charge in [0.15, 0.2) is 0 Å². The fourth-order valence-electron chi connectivity index (χ4n) is 0.895. The van der Waals surface area contributed by atoms with Crippen LogP contribution in [0.25, 0.3) is 0 Å². The molecule has 1 aliphatic carbocycles. The molecule has 0 unspecified atom stereocenters. The van der Waals surface area contributed by atoms with E-state index in [9.17, 15) is 0 Å². The summed E-state index contributed by atoms with van der Waals surface area (Å²) in [5, 5.41) is 1.03. The standard InChI is InChI=1S/C8H11Cl.Ru/c9-8-6-4-2-1-3-5-7-8;/h1-2,7H,3-6H2;/q;+2. The maximum atomic E-state index is 5.82. The summed E-state index contributed by atoms with van der Waals surface area (Å²) in [4.78, 5) is 0. The van der Waals surface area contributed by atoms with Crippen molar-refractivity contribution in [3.63, 3.8) is 0 Å². The molecule has 0 atom stereocenters. The molecular weight excluding hydrogens is 233 g/mol. The quantitative estimate of drug-likeness (QED) is 0.453. The van der Waals surface area contributed by atoms with Crippen LogP contribution in [0.5, 0.6) is 0 Å². The molecule has 0 spiro atoms. The Morgan fingerprint density at radius 3 is 2.60 bits per heavy atom. The minimum absolute atomic E-state index is 0. The summed E-state index contributed by atoms with van der Waals surface area (Å²) < 4.78 is 0. The Kier molecular flexibility index (Phi) is 6.37. The van der Waals surface area contributed by atoms with Crippen LogP contribution in [0, 0.1) is 0 Å². The zero-order valence-corrected chi connectivity index (χ0v) is 8.29. The van der Waals surface area contributed by atoms with E-state index in [0.717, 1.165) is 30.7 Å². The third-order valence-electron chi connectivity index (χ3n) is 1.42. The summed E-state index contributed by atoms with van der Waals surface area (Å²) in [7, 11) is 0. The van der Waals surface area contributed by atoms with Crippen LogP contribution in [0.15, 0.2) is 23.3 Å². The average molecular weight is 244 g/mol. The van der Waals surface area contributed by atoms with Gasteiger partial charge in [-0.05, 0) is 25.7 Å². The van der Waals surface area contributed by atoms with Gasteiger partial charge in [0.25, 0.3) is 0 Å². The first-order chi connectivity index (χ1) is 4.39. The van der Waals surface area contributed by atoms with Gasteiger partial charge in [-0.2, -0.15) is 0 Å². The van der Waals surface area contributed by atoms with Crippen LogP contribution >= 0.6 is 11.6 Å². The maximum absolute atomic E-state index is 5.82. The molecule has 0 heterocycles. The molecule has 1 aliphatic rings. The van der Waals surface area contributed by atoms with Crippen molar-refractivity contribution in [3.8, 4) is 0 Å². The molecule has 0 N–H and O–H groups in total. The molecule has 0 bridgehead atoms. The van der Waals surface area contributed by atoms with E-state index in [0.29, 0.717) is 0 Å². The molecule has 0 nitrogen and oxygen atoms in total. The van der Waals surface area contributed by atoms with Crippen LogP contribution in [0.2, 0.25) is 0 Å². The van der Waals surface area contributed by atoms with Crippen molar-refractivity contribution in [3.05, 3.63) is 23.3 Å². The van der Waals surface area contributed by atoms with Crippen LogP contribution in [-0.4, -0.2) is 0 Å². The van der Waals surface area contributed by atoms with E-state index in [4.69, 9.17) is 11.6 Å². The Labute approximate surface area is 80.1 Å². The molecule has 2 heteroatoms. The van der Waals surface area contributed by atoms with Crippen LogP contribution in [0.1, 0.15) is 25.7 Å². The Morgan fingerprint density at radius 2 is 1.80 bits per heavy atom. The van der Waals surface area contributed by atoms with E-state index in [2.05, 4.69) is 18.2 Å². The van der Waals surface area contributed by atoms with Gasteiger partial charge < -0.3 is 0 Å². The summed E-state index contributed by atoms with van der Waals surface area (Å²) >= 11 is 5.82. The molecule has 0 aromatic rings. The number of hydrogen-bond donors (Lipinski definition) is 0. The first kappa shape index (κ1) is 10.4. The normalized spacial score (nSPS) is 18.3. The van der Waals surface area contributed by atoms with Gasteiger partial charge in [0.05, 0.1) is 0 Å². The molecule has 0 saturated heterocycles. The molecule has 1 rings (SSSR count). The number of halogens is 1. The summed E-state index contributed by atoms with van der Waals surface area (Å²) in [6.07, 6.45) is 10.9. The van der Waals surface area contributed by atoms with Crippen molar-refractivity contribution >= 4 is 11.6 Å². The van der Waals surface area contributed by atoms with Crippen molar-refractivity contribution in [1.29, 1.82) is 0 Å². The van der Waals surface area contributed by atoms with Gasteiger partial charge in [0.1, 0.15) is 0 Å². The Bertz CT molecular complexity index is 138. The first-order valence-electron chi connectivity index (χ1n) is 3.39. The van der Waals surface area contributed by atoms with E-state index in [1.807, 2.05) is 0 Å². The van der Waals surface area contributed by atoms with Crippen LogP contribution < -0.4 is 0 Å². The monoisotopic (exact) mass is 244 g/mol. The van der Waals surface area contributed by atoms with E-state index >= 15 is 0 Å². The van der Waals surface area contributed by atoms with Gasteiger partial charge in [-0.15, -0.1) is 0 Å². The number of allylic oxidation sites excluding steroid dienone is 4. The predicted molar refractivity (Wildman–Crippen MR) is 41.5 cm³/mol. The molecule has 0 aromatic heterocycles. The zero-order valence-electron chi connectivity index (χ0n) is 5.79. The van der Waals surface area contributed by atoms with Crippen LogP contribution in [0.3, 0.4) is 0 Å². The smallest absolute Gasteiger partial charge is 0.0895 e. The molecule has 56 valence electrons. The maximum Gasteiger partial charge on any atom is 2.00 e. The second-order valence-electron chi connectivity index (χ2n) is 2.24. The summed E-state index contributed by atoms with van der Waals surface area (Å²) in [6.45, 7) is 0. The van der Waals surface area contributed by atoms with Crippen molar-refractivity contribution in [2.24, 2.45) is 0 Å². The molecule has 0 aromatic carbocycles. The largest absolute Gasteiger partial charge is 2.00 e. The van der Waals surface area contributed by atoms with Crippen molar-refractivity contribution in [2.45, 2.75) is 25.7 Å². The van der Waals surface area contributed by atoms with Gasteiger partial charge in [-0.1, -0.05) is 29.8 Å². The van der Waals surface area contributed by atoms with Gasteiger partial charge in [0, 0.05) is 5.03 Å². The Balaban J connectivity index is 0.000000810. The zero-order chi connectivity index (χ0) is 6.53. The molecular formula is C8H11ClRu+2. The Morgan fingerprint density at radius 1 is 1.10 bits per heavy atom. The summed E-state index contributed by atoms with van der Waals surface area (Å²) in [5.41, 5.74) is 0. The van der Waals surface area contributed by atoms with Gasteiger partial charge in [-0.25, -0.2) is 0 Å². The predicted octanol–water partition coefficient (Wildman–Crippen LogP) is 3.24. The SMILES string of the molecule is ClC1=CCCC=CCC1.[Ru+2]. The van der Waals surface area contributed by atoms with Crippen molar-refractivity contribution in [2.75, 3.05) is 0 Å². The van der Waals surface area contributed by atoms with E-state index in [1.165, 1.54) is 0 Å². The fraction of sp³-hybridized carbons (Fsp3) is 0.500. The third kappa shape index (κ3) is 4.25. The topological polar surface area (TPSA) is 0 Å². The first-order valence-corrected chi connectivity index (χ1v) is 3.77. The third-order valence-corrected chi connectivity index (χ3v) is 1.76. The van der Waals surface area contributed by atoms with Crippen LogP contribution in [-0.2, 0) is 19.5 Å². The van der Waals surface area contributed by atoms with E-state index in [-0.39, 0.29) is 19.5 Å². The minimum atomic E-state index is 0. The molecule has 0 fully saturated rings. The Hall–Kier alpha value is 0.393. The summed E-state index contributed by atoms with van der Waals surface area (Å²) in [5.74, 6) is 0. The van der Waals surface area contributed by atoms with Crippen molar-refractivity contribution < 1.29 is 19.5 Å². The average Bonchev–Trinajstić information content (AvgIpc) is 1.79. The van der Waals surface area contributed by atoms with E-state index < -0.39 is 0 Å². The van der Waals surface area contributed by atoms with Crippen molar-refractivity contribution in [1.82, 2.24) is 0 Å². The molecule has 10 heavy (non-hydrogen) atoms. The van der Waals surface area contributed by atoms with Gasteiger partial charge in [-0.3, -0.25) is 0 Å². The summed E-state index contributed by atoms with van der Waals surface area (Å²) in [6, 6.07) is 0.